The van der Waals surface area contributed by atoms with Gasteiger partial charge in [0, 0.05) is 5.56 Å². The van der Waals surface area contributed by atoms with Crippen molar-refractivity contribution in [3.05, 3.63) is 58.9 Å². The third-order valence-electron chi connectivity index (χ3n) is 3.01. The number of halogens is 1. The zero-order chi connectivity index (χ0) is 15.4. The Morgan fingerprint density at radius 2 is 2.00 bits per heavy atom. The summed E-state index contributed by atoms with van der Waals surface area (Å²) >= 11 is 0. The van der Waals surface area contributed by atoms with Crippen molar-refractivity contribution < 1.29 is 23.8 Å². The molecule has 1 N–H and O–H groups in total. The zero-order valence-corrected chi connectivity index (χ0v) is 11.7. The van der Waals surface area contributed by atoms with Gasteiger partial charge in [0.2, 0.25) is 0 Å². The maximum atomic E-state index is 14.0. The summed E-state index contributed by atoms with van der Waals surface area (Å²) in [5.74, 6) is -1.06. The van der Waals surface area contributed by atoms with Crippen molar-refractivity contribution >= 4 is 5.97 Å². The number of carboxylic acids is 1. The number of hydrogen-bond acceptors (Lipinski definition) is 3. The lowest BCUT2D eigenvalue weighted by Gasteiger charge is -2.12. The maximum Gasteiger partial charge on any atom is 0.338 e. The third-order valence-corrected chi connectivity index (χ3v) is 3.01. The van der Waals surface area contributed by atoms with Crippen LogP contribution in [0.2, 0.25) is 0 Å². The fraction of sp³-hybridized carbons (Fsp3) is 0.188. The normalized spacial score (nSPS) is 10.2. The molecule has 2 aromatic carbocycles. The minimum atomic E-state index is -1.30. The van der Waals surface area contributed by atoms with E-state index in [4.69, 9.17) is 14.6 Å². The minimum Gasteiger partial charge on any atom is -0.493 e. The highest BCUT2D eigenvalue weighted by Gasteiger charge is 2.14. The number of aromatic carboxylic acids is 1. The summed E-state index contributed by atoms with van der Waals surface area (Å²) in [6.07, 6.45) is 0. The molecular weight excluding hydrogens is 275 g/mol. The van der Waals surface area contributed by atoms with Gasteiger partial charge < -0.3 is 14.6 Å². The van der Waals surface area contributed by atoms with Crippen LogP contribution in [0.4, 0.5) is 4.39 Å². The minimum absolute atomic E-state index is 0.0770. The molecule has 0 bridgehead atoms. The Kier molecular flexibility index (Phi) is 4.42. The van der Waals surface area contributed by atoms with Crippen LogP contribution in [0.15, 0.2) is 36.4 Å². The van der Waals surface area contributed by atoms with E-state index >= 15 is 0 Å². The molecule has 0 atom stereocenters. The molecule has 0 saturated carbocycles. The van der Waals surface area contributed by atoms with Crippen LogP contribution < -0.4 is 9.47 Å². The van der Waals surface area contributed by atoms with Gasteiger partial charge in [-0.1, -0.05) is 18.2 Å². The van der Waals surface area contributed by atoms with E-state index in [2.05, 4.69) is 0 Å². The number of rotatable bonds is 5. The third kappa shape index (κ3) is 3.31. The van der Waals surface area contributed by atoms with Crippen LogP contribution >= 0.6 is 0 Å². The first kappa shape index (κ1) is 14.8. The topological polar surface area (TPSA) is 55.8 Å². The van der Waals surface area contributed by atoms with Gasteiger partial charge in [-0.25, -0.2) is 9.18 Å². The molecule has 0 radical (unpaired) electrons. The summed E-state index contributed by atoms with van der Waals surface area (Å²) in [5.41, 5.74) is 0.822. The fourth-order valence-electron chi connectivity index (χ4n) is 1.91. The molecule has 110 valence electrons. The molecular formula is C16H15FO4. The molecule has 5 heteroatoms. The number of hydrogen-bond donors (Lipinski definition) is 1. The summed E-state index contributed by atoms with van der Waals surface area (Å²) in [6, 6.07) is 9.57. The lowest BCUT2D eigenvalue weighted by atomic mass is 10.1. The second-order valence-electron chi connectivity index (χ2n) is 4.53. The predicted molar refractivity (Wildman–Crippen MR) is 75.4 cm³/mol. The highest BCUT2D eigenvalue weighted by atomic mass is 19.1. The molecule has 0 aromatic heterocycles. The summed E-state index contributed by atoms with van der Waals surface area (Å²) in [6.45, 7) is 1.84. The maximum absolute atomic E-state index is 14.0. The molecule has 0 aliphatic rings. The average molecular weight is 290 g/mol. The van der Waals surface area contributed by atoms with E-state index in [1.807, 2.05) is 13.0 Å². The molecule has 21 heavy (non-hydrogen) atoms. The average Bonchev–Trinajstić information content (AvgIpc) is 2.46. The first-order valence-corrected chi connectivity index (χ1v) is 6.31. The second-order valence-corrected chi connectivity index (χ2v) is 4.53. The highest BCUT2D eigenvalue weighted by molar-refractivity contribution is 5.88. The van der Waals surface area contributed by atoms with Crippen LogP contribution in [0.1, 0.15) is 21.5 Å². The molecule has 0 fully saturated rings. The van der Waals surface area contributed by atoms with E-state index in [1.165, 1.54) is 25.3 Å². The Labute approximate surface area is 121 Å². The molecule has 0 aliphatic heterocycles. The van der Waals surface area contributed by atoms with E-state index in [9.17, 15) is 9.18 Å². The summed E-state index contributed by atoms with van der Waals surface area (Å²) < 4.78 is 24.7. The van der Waals surface area contributed by atoms with E-state index in [0.717, 1.165) is 5.56 Å². The molecule has 0 amide bonds. The van der Waals surface area contributed by atoms with E-state index in [-0.39, 0.29) is 17.7 Å². The number of carboxylic acid groups (broad SMARTS) is 1. The highest BCUT2D eigenvalue weighted by Crippen LogP contribution is 2.28. The van der Waals surface area contributed by atoms with Gasteiger partial charge >= 0.3 is 5.97 Å². The summed E-state index contributed by atoms with van der Waals surface area (Å²) in [5, 5.41) is 8.89. The molecule has 2 rings (SSSR count). The summed E-state index contributed by atoms with van der Waals surface area (Å²) in [7, 11) is 1.52. The quantitative estimate of drug-likeness (QED) is 0.916. The van der Waals surface area contributed by atoms with Crippen molar-refractivity contribution in [3.8, 4) is 11.5 Å². The van der Waals surface area contributed by atoms with Crippen LogP contribution in [0.25, 0.3) is 0 Å². The smallest absolute Gasteiger partial charge is 0.338 e. The van der Waals surface area contributed by atoms with E-state index < -0.39 is 11.8 Å². The van der Waals surface area contributed by atoms with Gasteiger partial charge in [0.25, 0.3) is 0 Å². The lowest BCUT2D eigenvalue weighted by molar-refractivity contribution is 0.0691. The molecule has 0 saturated heterocycles. The predicted octanol–water partition coefficient (Wildman–Crippen LogP) is 3.42. The number of ether oxygens (including phenoxy) is 2. The fourth-order valence-corrected chi connectivity index (χ4v) is 1.91. The SMILES string of the molecule is COc1cc(C)ccc1OCc1cccc(C(=O)O)c1F. The number of carbonyl (C=O) groups is 1. The van der Waals surface area contributed by atoms with Crippen LogP contribution in [-0.4, -0.2) is 18.2 Å². The van der Waals surface area contributed by atoms with Crippen LogP contribution in [0, 0.1) is 12.7 Å². The lowest BCUT2D eigenvalue weighted by Crippen LogP contribution is -2.06. The number of aryl methyl sites for hydroxylation is 1. The second kappa shape index (κ2) is 6.26. The Hall–Kier alpha value is -2.56. The van der Waals surface area contributed by atoms with Gasteiger partial charge in [-0.3, -0.25) is 0 Å². The standard InChI is InChI=1S/C16H15FO4/c1-10-6-7-13(14(8-10)20-2)21-9-11-4-3-5-12(15(11)17)16(18)19/h3-8H,9H2,1-2H3,(H,18,19). The molecule has 0 heterocycles. The molecule has 0 aliphatic carbocycles. The zero-order valence-electron chi connectivity index (χ0n) is 11.7. The number of methoxy groups -OCH3 is 1. The first-order chi connectivity index (χ1) is 10.0. The van der Waals surface area contributed by atoms with Gasteiger partial charge in [-0.15, -0.1) is 0 Å². The van der Waals surface area contributed by atoms with E-state index in [1.54, 1.807) is 12.1 Å². The van der Waals surface area contributed by atoms with Gasteiger partial charge in [0.15, 0.2) is 11.5 Å². The number of benzene rings is 2. The Balaban J connectivity index is 2.21. The van der Waals surface area contributed by atoms with Gasteiger partial charge in [-0.2, -0.15) is 0 Å². The van der Waals surface area contributed by atoms with Gasteiger partial charge in [0.05, 0.1) is 12.7 Å². The molecule has 0 spiro atoms. The van der Waals surface area contributed by atoms with Crippen molar-refractivity contribution in [2.75, 3.05) is 7.11 Å². The van der Waals surface area contributed by atoms with Gasteiger partial charge in [0.1, 0.15) is 12.4 Å². The van der Waals surface area contributed by atoms with Crippen molar-refractivity contribution in [3.63, 3.8) is 0 Å². The van der Waals surface area contributed by atoms with Crippen LogP contribution in [0.3, 0.4) is 0 Å². The van der Waals surface area contributed by atoms with Crippen LogP contribution in [0.5, 0.6) is 11.5 Å². The molecule has 4 nitrogen and oxygen atoms in total. The van der Waals surface area contributed by atoms with Crippen molar-refractivity contribution in [2.24, 2.45) is 0 Å². The molecule has 2 aromatic rings. The van der Waals surface area contributed by atoms with Crippen molar-refractivity contribution in [1.82, 2.24) is 0 Å². The van der Waals surface area contributed by atoms with Crippen molar-refractivity contribution in [2.45, 2.75) is 13.5 Å². The Morgan fingerprint density at radius 3 is 2.67 bits per heavy atom. The summed E-state index contributed by atoms with van der Waals surface area (Å²) in [4.78, 5) is 10.9. The largest absolute Gasteiger partial charge is 0.493 e. The van der Waals surface area contributed by atoms with Gasteiger partial charge in [-0.05, 0) is 30.7 Å². The Bertz CT molecular complexity index is 667. The monoisotopic (exact) mass is 290 g/mol. The van der Waals surface area contributed by atoms with Crippen molar-refractivity contribution in [1.29, 1.82) is 0 Å². The van der Waals surface area contributed by atoms with Crippen LogP contribution in [-0.2, 0) is 6.61 Å². The molecule has 0 unspecified atom stereocenters. The first-order valence-electron chi connectivity index (χ1n) is 6.31. The van der Waals surface area contributed by atoms with E-state index in [0.29, 0.717) is 11.5 Å². The Morgan fingerprint density at radius 1 is 1.24 bits per heavy atom.